The van der Waals surface area contributed by atoms with Gasteiger partial charge in [0.2, 0.25) is 0 Å². The van der Waals surface area contributed by atoms with E-state index in [0.717, 1.165) is 36.0 Å². The molecule has 0 atom stereocenters. The monoisotopic (exact) mass is 347 g/mol. The normalized spacial score (nSPS) is 10.2. The van der Waals surface area contributed by atoms with Crippen molar-refractivity contribution in [2.24, 2.45) is 0 Å². The predicted octanol–water partition coefficient (Wildman–Crippen LogP) is 3.87. The van der Waals surface area contributed by atoms with E-state index >= 15 is 0 Å². The molecule has 2 rings (SSSR count). The Labute approximate surface area is 147 Å². The molecule has 1 aromatic carbocycles. The van der Waals surface area contributed by atoms with Crippen LogP contribution >= 0.6 is 24.0 Å². The molecule has 0 saturated carbocycles. The first kappa shape index (κ1) is 17.6. The number of benzene rings is 1. The number of pyridine rings is 1. The van der Waals surface area contributed by atoms with Gasteiger partial charge in [-0.1, -0.05) is 6.07 Å². The number of thiocarbonyl (C=S) groups is 1. The molecule has 0 aliphatic heterocycles. The molecule has 0 amide bonds. The van der Waals surface area contributed by atoms with Crippen LogP contribution in [0.15, 0.2) is 47.4 Å². The van der Waals surface area contributed by atoms with Gasteiger partial charge in [-0.2, -0.15) is 0 Å². The molecule has 6 heteroatoms. The second kappa shape index (κ2) is 9.37. The number of nitrogens with zero attached hydrogens (tertiary/aromatic N) is 1. The molecule has 0 fully saturated rings. The Kier molecular flexibility index (Phi) is 7.16. The number of aromatic nitrogens is 1. The third-order valence-corrected chi connectivity index (χ3v) is 4.41. The summed E-state index contributed by atoms with van der Waals surface area (Å²) in [4.78, 5) is 5.60. The van der Waals surface area contributed by atoms with Crippen molar-refractivity contribution < 1.29 is 4.74 Å². The Morgan fingerprint density at radius 2 is 2.00 bits per heavy atom. The zero-order chi connectivity index (χ0) is 16.5. The molecule has 1 heterocycles. The largest absolute Gasteiger partial charge is 0.497 e. The first-order valence-electron chi connectivity index (χ1n) is 7.43. The Bertz CT molecular complexity index is 632. The first-order valence-corrected chi connectivity index (χ1v) is 8.82. The number of aryl methyl sites for hydroxylation is 1. The molecule has 122 valence electrons. The van der Waals surface area contributed by atoms with Crippen molar-refractivity contribution >= 4 is 34.9 Å². The Morgan fingerprint density at radius 1 is 1.22 bits per heavy atom. The van der Waals surface area contributed by atoms with Crippen molar-refractivity contribution in [3.05, 3.63) is 48.2 Å². The zero-order valence-electron chi connectivity index (χ0n) is 13.3. The SMILES string of the molecule is COc1ccc(SCCCNC(=S)Nc2cccc(C)n2)cc1. The smallest absolute Gasteiger partial charge is 0.171 e. The average Bonchev–Trinajstić information content (AvgIpc) is 2.55. The van der Waals surface area contributed by atoms with Gasteiger partial charge in [-0.05, 0) is 67.7 Å². The molecule has 0 radical (unpaired) electrons. The van der Waals surface area contributed by atoms with Crippen LogP contribution in [0, 0.1) is 6.92 Å². The molecule has 0 saturated heterocycles. The third kappa shape index (κ3) is 6.46. The van der Waals surface area contributed by atoms with Crippen molar-refractivity contribution in [3.63, 3.8) is 0 Å². The number of hydrogen-bond donors (Lipinski definition) is 2. The number of methoxy groups -OCH3 is 1. The molecular weight excluding hydrogens is 326 g/mol. The van der Waals surface area contributed by atoms with Gasteiger partial charge in [0.15, 0.2) is 5.11 Å². The van der Waals surface area contributed by atoms with Crippen molar-refractivity contribution in [2.75, 3.05) is 24.7 Å². The highest BCUT2D eigenvalue weighted by atomic mass is 32.2. The summed E-state index contributed by atoms with van der Waals surface area (Å²) in [5, 5.41) is 6.90. The van der Waals surface area contributed by atoms with Gasteiger partial charge in [-0.25, -0.2) is 4.98 Å². The van der Waals surface area contributed by atoms with Gasteiger partial charge >= 0.3 is 0 Å². The summed E-state index contributed by atoms with van der Waals surface area (Å²) in [6.07, 6.45) is 1.03. The topological polar surface area (TPSA) is 46.2 Å². The van der Waals surface area contributed by atoms with Gasteiger partial charge in [0, 0.05) is 17.1 Å². The van der Waals surface area contributed by atoms with E-state index in [2.05, 4.69) is 27.8 Å². The fourth-order valence-electron chi connectivity index (χ4n) is 1.91. The summed E-state index contributed by atoms with van der Waals surface area (Å²) in [5.74, 6) is 2.69. The fraction of sp³-hybridized carbons (Fsp3) is 0.294. The molecule has 0 aliphatic carbocycles. The molecular formula is C17H21N3OS2. The van der Waals surface area contributed by atoms with Gasteiger partial charge in [-0.3, -0.25) is 0 Å². The highest BCUT2D eigenvalue weighted by Gasteiger charge is 1.99. The average molecular weight is 348 g/mol. The van der Waals surface area contributed by atoms with Crippen LogP contribution in [0.25, 0.3) is 0 Å². The lowest BCUT2D eigenvalue weighted by molar-refractivity contribution is 0.414. The standard InChI is InChI=1S/C17H21N3OS2/c1-13-5-3-6-16(19-13)20-17(22)18-11-4-12-23-15-9-7-14(21-2)8-10-15/h3,5-10H,4,11-12H2,1-2H3,(H2,18,19,20,22). The summed E-state index contributed by atoms with van der Waals surface area (Å²) in [5.41, 5.74) is 0.966. The van der Waals surface area contributed by atoms with Crippen LogP contribution in [-0.2, 0) is 0 Å². The first-order chi connectivity index (χ1) is 11.2. The lowest BCUT2D eigenvalue weighted by Crippen LogP contribution is -2.29. The van der Waals surface area contributed by atoms with Gasteiger partial charge in [0.25, 0.3) is 0 Å². The molecule has 4 nitrogen and oxygen atoms in total. The van der Waals surface area contributed by atoms with E-state index in [9.17, 15) is 0 Å². The number of ether oxygens (including phenoxy) is 1. The van der Waals surface area contributed by atoms with Gasteiger partial charge < -0.3 is 15.4 Å². The molecule has 0 aliphatic rings. The maximum absolute atomic E-state index is 5.27. The highest BCUT2D eigenvalue weighted by Crippen LogP contribution is 2.21. The fourth-order valence-corrected chi connectivity index (χ4v) is 2.97. The van der Waals surface area contributed by atoms with E-state index in [1.165, 1.54) is 4.90 Å². The van der Waals surface area contributed by atoms with E-state index in [0.29, 0.717) is 5.11 Å². The minimum atomic E-state index is 0.609. The van der Waals surface area contributed by atoms with Crippen molar-refractivity contribution in [1.29, 1.82) is 0 Å². The highest BCUT2D eigenvalue weighted by molar-refractivity contribution is 7.99. The summed E-state index contributed by atoms with van der Waals surface area (Å²) in [6.45, 7) is 2.79. The second-order valence-electron chi connectivity index (χ2n) is 4.92. The minimum absolute atomic E-state index is 0.609. The number of hydrogen-bond acceptors (Lipinski definition) is 4. The van der Waals surface area contributed by atoms with Gasteiger partial charge in [-0.15, -0.1) is 11.8 Å². The van der Waals surface area contributed by atoms with E-state index in [1.54, 1.807) is 7.11 Å². The second-order valence-corrected chi connectivity index (χ2v) is 6.50. The van der Waals surface area contributed by atoms with Crippen molar-refractivity contribution in [3.8, 4) is 5.75 Å². The molecule has 0 unspecified atom stereocenters. The van der Waals surface area contributed by atoms with Crippen LogP contribution in [0.2, 0.25) is 0 Å². The summed E-state index contributed by atoms with van der Waals surface area (Å²) in [7, 11) is 1.68. The predicted molar refractivity (Wildman–Crippen MR) is 102 cm³/mol. The Balaban J connectivity index is 1.62. The van der Waals surface area contributed by atoms with Crippen LogP contribution < -0.4 is 15.4 Å². The van der Waals surface area contributed by atoms with Crippen molar-refractivity contribution in [1.82, 2.24) is 10.3 Å². The van der Waals surface area contributed by atoms with E-state index in [4.69, 9.17) is 17.0 Å². The van der Waals surface area contributed by atoms with E-state index in [1.807, 2.05) is 49.0 Å². The maximum Gasteiger partial charge on any atom is 0.171 e. The summed E-state index contributed by atoms with van der Waals surface area (Å²) >= 11 is 7.09. The van der Waals surface area contributed by atoms with E-state index in [-0.39, 0.29) is 0 Å². The van der Waals surface area contributed by atoms with Crippen LogP contribution in [0.5, 0.6) is 5.75 Å². The third-order valence-electron chi connectivity index (χ3n) is 3.06. The van der Waals surface area contributed by atoms with Crippen LogP contribution in [0.3, 0.4) is 0 Å². The molecule has 0 spiro atoms. The molecule has 23 heavy (non-hydrogen) atoms. The van der Waals surface area contributed by atoms with E-state index < -0.39 is 0 Å². The number of rotatable bonds is 7. The number of thioether (sulfide) groups is 1. The molecule has 2 N–H and O–H groups in total. The van der Waals surface area contributed by atoms with Gasteiger partial charge in [0.05, 0.1) is 7.11 Å². The summed E-state index contributed by atoms with van der Waals surface area (Å²) < 4.78 is 5.15. The molecule has 1 aromatic heterocycles. The lowest BCUT2D eigenvalue weighted by atomic mass is 10.3. The Hall–Kier alpha value is -1.79. The van der Waals surface area contributed by atoms with Crippen LogP contribution in [0.1, 0.15) is 12.1 Å². The lowest BCUT2D eigenvalue weighted by Gasteiger charge is -2.10. The van der Waals surface area contributed by atoms with Crippen LogP contribution in [-0.4, -0.2) is 29.5 Å². The molecule has 0 bridgehead atoms. The quantitative estimate of drug-likeness (QED) is 0.450. The summed E-state index contributed by atoms with van der Waals surface area (Å²) in [6, 6.07) is 13.9. The zero-order valence-corrected chi connectivity index (χ0v) is 15.0. The number of nitrogens with one attached hydrogen (secondary N) is 2. The molecule has 2 aromatic rings. The van der Waals surface area contributed by atoms with Crippen molar-refractivity contribution in [2.45, 2.75) is 18.2 Å². The Morgan fingerprint density at radius 3 is 2.70 bits per heavy atom. The minimum Gasteiger partial charge on any atom is -0.497 e. The maximum atomic E-state index is 5.27. The van der Waals surface area contributed by atoms with Gasteiger partial charge in [0.1, 0.15) is 11.6 Å². The van der Waals surface area contributed by atoms with Crippen LogP contribution in [0.4, 0.5) is 5.82 Å². The number of anilines is 1.